The number of fused-ring (bicyclic) bond motifs is 1. The minimum Gasteiger partial charge on any atom is -0.395 e. The van der Waals surface area contributed by atoms with E-state index in [1.165, 1.54) is 16.2 Å². The van der Waals surface area contributed by atoms with Crippen molar-refractivity contribution in [3.8, 4) is 0 Å². The number of aromatic amines is 1. The van der Waals surface area contributed by atoms with Gasteiger partial charge in [-0.1, -0.05) is 6.08 Å². The zero-order chi connectivity index (χ0) is 17.7. The van der Waals surface area contributed by atoms with E-state index in [0.29, 0.717) is 6.61 Å². The summed E-state index contributed by atoms with van der Waals surface area (Å²) in [6, 6.07) is 0. The van der Waals surface area contributed by atoms with Crippen LogP contribution >= 0.6 is 0 Å². The first-order chi connectivity index (χ1) is 11.5. The number of ether oxygens (including phenoxy) is 1. The lowest BCUT2D eigenvalue weighted by Gasteiger charge is -2.14. The van der Waals surface area contributed by atoms with Gasteiger partial charge in [0, 0.05) is 13.6 Å². The third kappa shape index (κ3) is 3.72. The number of hydrogen-bond donors (Lipinski definition) is 4. The highest BCUT2D eigenvalue weighted by atomic mass is 16.5. The van der Waals surface area contributed by atoms with Gasteiger partial charge in [0.2, 0.25) is 5.95 Å². The molecule has 0 unspecified atom stereocenters. The first-order valence-corrected chi connectivity index (χ1v) is 7.40. The number of nitrogens with zero attached hydrogens (tertiary/aromatic N) is 3. The maximum Gasteiger partial charge on any atom is 0.329 e. The van der Waals surface area contributed by atoms with Crippen molar-refractivity contribution in [3.63, 3.8) is 0 Å². The van der Waals surface area contributed by atoms with Gasteiger partial charge in [0.1, 0.15) is 0 Å². The number of hydrogen-bond acceptors (Lipinski definition) is 7. The third-order valence-electron chi connectivity index (χ3n) is 3.34. The summed E-state index contributed by atoms with van der Waals surface area (Å²) in [6.07, 6.45) is 0.669. The fraction of sp³-hybridized carbons (Fsp3) is 0.500. The molecule has 0 saturated heterocycles. The topological polar surface area (TPSA) is 134 Å². The molecule has 0 fully saturated rings. The van der Waals surface area contributed by atoms with E-state index in [0.717, 1.165) is 0 Å². The Hall–Kier alpha value is -2.43. The zero-order valence-corrected chi connectivity index (χ0v) is 13.4. The van der Waals surface area contributed by atoms with Crippen molar-refractivity contribution in [2.24, 2.45) is 7.05 Å². The Kier molecular flexibility index (Phi) is 5.90. The Morgan fingerprint density at radius 1 is 1.50 bits per heavy atom. The monoisotopic (exact) mass is 339 g/mol. The lowest BCUT2D eigenvalue weighted by molar-refractivity contribution is 0.0405. The molecule has 1 atom stereocenters. The van der Waals surface area contributed by atoms with Crippen molar-refractivity contribution in [3.05, 3.63) is 33.5 Å². The number of nitrogens with one attached hydrogen (secondary N) is 2. The highest BCUT2D eigenvalue weighted by Gasteiger charge is 2.19. The fourth-order valence-corrected chi connectivity index (χ4v) is 2.27. The SMILES string of the molecule is C=CCOC[C@H](O)Cn1c(NCCO)nc2c1c(=O)[nH]c(=O)n2C. The van der Waals surface area contributed by atoms with Crippen molar-refractivity contribution in [1.29, 1.82) is 0 Å². The van der Waals surface area contributed by atoms with Crippen molar-refractivity contribution in [2.45, 2.75) is 12.6 Å². The Morgan fingerprint density at radius 3 is 2.92 bits per heavy atom. The predicted molar refractivity (Wildman–Crippen MR) is 88.2 cm³/mol. The Bertz CT molecular complexity index is 821. The Morgan fingerprint density at radius 2 is 2.25 bits per heavy atom. The van der Waals surface area contributed by atoms with Crippen LogP contribution in [0.15, 0.2) is 22.2 Å². The average Bonchev–Trinajstić information content (AvgIpc) is 2.90. The molecule has 10 nitrogen and oxygen atoms in total. The van der Waals surface area contributed by atoms with Gasteiger partial charge < -0.3 is 24.8 Å². The Labute approximate surface area is 137 Å². The lowest BCUT2D eigenvalue weighted by atomic mass is 10.3. The van der Waals surface area contributed by atoms with Crippen LogP contribution in [0.1, 0.15) is 0 Å². The highest BCUT2D eigenvalue weighted by molar-refractivity contribution is 5.74. The number of anilines is 1. The van der Waals surface area contributed by atoms with Gasteiger partial charge in [-0.05, 0) is 0 Å². The molecule has 2 aromatic heterocycles. The summed E-state index contributed by atoms with van der Waals surface area (Å²) < 4.78 is 7.87. The van der Waals surface area contributed by atoms with E-state index in [1.807, 2.05) is 0 Å². The van der Waals surface area contributed by atoms with Crippen molar-refractivity contribution in [2.75, 3.05) is 31.7 Å². The molecular formula is C14H21N5O5. The molecule has 0 bridgehead atoms. The molecule has 0 aliphatic rings. The first-order valence-electron chi connectivity index (χ1n) is 7.40. The zero-order valence-electron chi connectivity index (χ0n) is 13.4. The van der Waals surface area contributed by atoms with Crippen molar-refractivity contribution < 1.29 is 14.9 Å². The number of aryl methyl sites for hydroxylation is 1. The normalized spacial score (nSPS) is 12.5. The summed E-state index contributed by atoms with van der Waals surface area (Å²) in [7, 11) is 1.48. The van der Waals surface area contributed by atoms with Gasteiger partial charge in [0.25, 0.3) is 5.56 Å². The molecule has 4 N–H and O–H groups in total. The molecule has 0 aromatic carbocycles. The second kappa shape index (κ2) is 7.90. The van der Waals surface area contributed by atoms with E-state index < -0.39 is 17.4 Å². The summed E-state index contributed by atoms with van der Waals surface area (Å²) >= 11 is 0. The molecule has 0 aliphatic heterocycles. The number of aliphatic hydroxyl groups is 2. The van der Waals surface area contributed by atoms with Crippen LogP contribution in [-0.2, 0) is 18.3 Å². The quantitative estimate of drug-likeness (QED) is 0.319. The molecular weight excluding hydrogens is 318 g/mol. The number of imidazole rings is 1. The molecule has 0 radical (unpaired) electrons. The van der Waals surface area contributed by atoms with E-state index in [1.54, 1.807) is 6.08 Å². The van der Waals surface area contributed by atoms with Crippen LogP contribution in [0.4, 0.5) is 5.95 Å². The number of aromatic nitrogens is 4. The molecule has 10 heteroatoms. The summed E-state index contributed by atoms with van der Waals surface area (Å²) in [5, 5.41) is 21.9. The largest absolute Gasteiger partial charge is 0.395 e. The summed E-state index contributed by atoms with van der Waals surface area (Å²) in [6.45, 7) is 3.97. The summed E-state index contributed by atoms with van der Waals surface area (Å²) in [4.78, 5) is 30.3. The fourth-order valence-electron chi connectivity index (χ4n) is 2.27. The predicted octanol–water partition coefficient (Wildman–Crippen LogP) is -1.61. The smallest absolute Gasteiger partial charge is 0.329 e. The number of rotatable bonds is 9. The van der Waals surface area contributed by atoms with Crippen LogP contribution in [0.25, 0.3) is 11.2 Å². The minimum absolute atomic E-state index is 0.0304. The van der Waals surface area contributed by atoms with Gasteiger partial charge in [-0.2, -0.15) is 4.98 Å². The van der Waals surface area contributed by atoms with Gasteiger partial charge in [-0.15, -0.1) is 6.58 Å². The average molecular weight is 339 g/mol. The minimum atomic E-state index is -0.895. The second-order valence-electron chi connectivity index (χ2n) is 5.17. The summed E-state index contributed by atoms with van der Waals surface area (Å²) in [5.41, 5.74) is -0.846. The third-order valence-corrected chi connectivity index (χ3v) is 3.34. The molecule has 0 amide bonds. The molecule has 2 rings (SSSR count). The van der Waals surface area contributed by atoms with Gasteiger partial charge in [-0.3, -0.25) is 14.3 Å². The lowest BCUT2D eigenvalue weighted by Crippen LogP contribution is -2.30. The van der Waals surface area contributed by atoms with Crippen molar-refractivity contribution in [1.82, 2.24) is 19.1 Å². The molecule has 24 heavy (non-hydrogen) atoms. The van der Waals surface area contributed by atoms with Crippen LogP contribution in [0, 0.1) is 0 Å². The molecule has 0 spiro atoms. The maximum atomic E-state index is 12.2. The Balaban J connectivity index is 2.44. The van der Waals surface area contributed by atoms with Crippen LogP contribution in [0.2, 0.25) is 0 Å². The molecule has 132 valence electrons. The maximum absolute atomic E-state index is 12.2. The summed E-state index contributed by atoms with van der Waals surface area (Å²) in [5.74, 6) is 0.272. The molecule has 0 aliphatic carbocycles. The molecule has 2 aromatic rings. The van der Waals surface area contributed by atoms with E-state index >= 15 is 0 Å². The van der Waals surface area contributed by atoms with Gasteiger partial charge in [0.15, 0.2) is 11.2 Å². The van der Waals surface area contributed by atoms with Gasteiger partial charge >= 0.3 is 5.69 Å². The van der Waals surface area contributed by atoms with E-state index in [2.05, 4.69) is 21.9 Å². The second-order valence-corrected chi connectivity index (χ2v) is 5.17. The highest BCUT2D eigenvalue weighted by Crippen LogP contribution is 2.15. The van der Waals surface area contributed by atoms with E-state index in [-0.39, 0.29) is 43.4 Å². The number of H-pyrrole nitrogens is 1. The van der Waals surface area contributed by atoms with Gasteiger partial charge in [-0.25, -0.2) is 4.79 Å². The van der Waals surface area contributed by atoms with Crippen LogP contribution in [-0.4, -0.2) is 61.8 Å². The van der Waals surface area contributed by atoms with Crippen LogP contribution in [0.3, 0.4) is 0 Å². The first kappa shape index (κ1) is 17.9. The van der Waals surface area contributed by atoms with E-state index in [9.17, 15) is 14.7 Å². The van der Waals surface area contributed by atoms with Crippen LogP contribution < -0.4 is 16.6 Å². The van der Waals surface area contributed by atoms with E-state index in [4.69, 9.17) is 9.84 Å². The van der Waals surface area contributed by atoms with Gasteiger partial charge in [0.05, 0.1) is 32.5 Å². The van der Waals surface area contributed by atoms with Crippen molar-refractivity contribution >= 4 is 17.1 Å². The van der Waals surface area contributed by atoms with Crippen LogP contribution in [0.5, 0.6) is 0 Å². The molecule has 2 heterocycles. The number of aliphatic hydroxyl groups excluding tert-OH is 2. The molecule has 0 saturated carbocycles. The standard InChI is InChI=1S/C14H21N5O5/c1-3-6-24-8-9(21)7-19-10-11(16-13(19)15-4-5-20)18(2)14(23)17-12(10)22/h3,9,20-21H,1,4-8H2,2H3,(H,15,16)(H,17,22,23)/t9-/m1/s1.